The van der Waals surface area contributed by atoms with Gasteiger partial charge in [0, 0.05) is 23.9 Å². The van der Waals surface area contributed by atoms with Crippen LogP contribution < -0.4 is 10.2 Å². The molecule has 2 aromatic carbocycles. The summed E-state index contributed by atoms with van der Waals surface area (Å²) in [6.07, 6.45) is 0. The number of sulfonamides is 1. The Labute approximate surface area is 156 Å². The van der Waals surface area contributed by atoms with Crippen molar-refractivity contribution in [3.05, 3.63) is 45.6 Å². The summed E-state index contributed by atoms with van der Waals surface area (Å²) in [6.45, 7) is 4.14. The Bertz CT molecular complexity index is 1150. The van der Waals surface area contributed by atoms with Gasteiger partial charge in [-0.2, -0.15) is 4.31 Å². The van der Waals surface area contributed by atoms with Gasteiger partial charge >= 0.3 is 0 Å². The van der Waals surface area contributed by atoms with Crippen molar-refractivity contribution in [1.29, 1.82) is 0 Å². The normalized spacial score (nSPS) is 12.2. The number of halogens is 1. The van der Waals surface area contributed by atoms with Crippen molar-refractivity contribution < 1.29 is 13.2 Å². The molecule has 1 N–H and O–H groups in total. The van der Waals surface area contributed by atoms with E-state index in [9.17, 15) is 13.2 Å². The van der Waals surface area contributed by atoms with Crippen molar-refractivity contribution >= 4 is 43.4 Å². The third-order valence-electron chi connectivity index (χ3n) is 4.38. The standard InChI is InChI=1S/C18H19ClN2O4S/c1-4-21(5-2)26(23,24)17-9-13-16(10-14(17)19)20-15-7-6-11(25-3)8-12(15)18(13)22/h6-10H,4-5H2,1-3H3,(H,20,22). The zero-order valence-corrected chi connectivity index (χ0v) is 16.2. The van der Waals surface area contributed by atoms with Crippen LogP contribution in [-0.2, 0) is 10.0 Å². The van der Waals surface area contributed by atoms with Crippen molar-refractivity contribution in [2.45, 2.75) is 18.7 Å². The van der Waals surface area contributed by atoms with Crippen molar-refractivity contribution in [3.8, 4) is 5.75 Å². The molecule has 0 atom stereocenters. The molecule has 1 aromatic heterocycles. The first-order valence-corrected chi connectivity index (χ1v) is 9.98. The molecular weight excluding hydrogens is 376 g/mol. The van der Waals surface area contributed by atoms with Crippen LogP contribution in [0.5, 0.6) is 5.75 Å². The van der Waals surface area contributed by atoms with E-state index in [0.717, 1.165) is 0 Å². The molecule has 1 heterocycles. The Kier molecular flexibility index (Phi) is 4.96. The maximum Gasteiger partial charge on any atom is 0.244 e. The van der Waals surface area contributed by atoms with Crippen molar-refractivity contribution in [1.82, 2.24) is 9.29 Å². The van der Waals surface area contributed by atoms with Gasteiger partial charge in [-0.15, -0.1) is 0 Å². The highest BCUT2D eigenvalue weighted by Gasteiger charge is 2.25. The summed E-state index contributed by atoms with van der Waals surface area (Å²) in [5, 5.41) is 0.763. The molecule has 0 aliphatic heterocycles. The highest BCUT2D eigenvalue weighted by molar-refractivity contribution is 7.89. The number of ether oxygens (including phenoxy) is 1. The van der Waals surface area contributed by atoms with Crippen LogP contribution in [0.3, 0.4) is 0 Å². The summed E-state index contributed by atoms with van der Waals surface area (Å²) in [5.41, 5.74) is 0.829. The van der Waals surface area contributed by atoms with Crippen molar-refractivity contribution in [3.63, 3.8) is 0 Å². The molecule has 0 unspecified atom stereocenters. The molecule has 0 aliphatic carbocycles. The van der Waals surface area contributed by atoms with Gasteiger partial charge in [-0.3, -0.25) is 4.79 Å². The van der Waals surface area contributed by atoms with Crippen molar-refractivity contribution in [2.24, 2.45) is 0 Å². The summed E-state index contributed by atoms with van der Waals surface area (Å²) >= 11 is 6.25. The van der Waals surface area contributed by atoms with E-state index < -0.39 is 10.0 Å². The SMILES string of the molecule is CCN(CC)S(=O)(=O)c1cc2c(=O)c3cc(OC)ccc3[nH]c2cc1Cl. The van der Waals surface area contributed by atoms with Gasteiger partial charge in [0.05, 0.1) is 23.2 Å². The number of hydrogen-bond donors (Lipinski definition) is 1. The molecule has 0 spiro atoms. The third-order valence-corrected chi connectivity index (χ3v) is 6.90. The summed E-state index contributed by atoms with van der Waals surface area (Å²) in [5.74, 6) is 0.548. The number of fused-ring (bicyclic) bond motifs is 2. The fraction of sp³-hybridized carbons (Fsp3) is 0.278. The van der Waals surface area contributed by atoms with Gasteiger partial charge in [0.15, 0.2) is 5.43 Å². The Morgan fingerprint density at radius 3 is 2.35 bits per heavy atom. The van der Waals surface area contributed by atoms with Gasteiger partial charge in [0.25, 0.3) is 0 Å². The lowest BCUT2D eigenvalue weighted by atomic mass is 10.1. The van der Waals surface area contributed by atoms with Crippen molar-refractivity contribution in [2.75, 3.05) is 20.2 Å². The van der Waals surface area contributed by atoms with Crippen LogP contribution in [0.4, 0.5) is 0 Å². The predicted molar refractivity (Wildman–Crippen MR) is 104 cm³/mol. The Hall–Kier alpha value is -2.09. The fourth-order valence-corrected chi connectivity index (χ4v) is 4.97. The average Bonchev–Trinajstić information content (AvgIpc) is 2.61. The molecule has 0 fully saturated rings. The van der Waals surface area contributed by atoms with E-state index in [4.69, 9.17) is 16.3 Å². The van der Waals surface area contributed by atoms with E-state index in [2.05, 4.69) is 4.98 Å². The molecule has 3 aromatic rings. The third kappa shape index (κ3) is 2.96. The quantitative estimate of drug-likeness (QED) is 0.673. The second-order valence-corrected chi connectivity index (χ2v) is 8.10. The summed E-state index contributed by atoms with van der Waals surface area (Å²) in [7, 11) is -2.26. The lowest BCUT2D eigenvalue weighted by molar-refractivity contribution is 0.415. The molecule has 0 amide bonds. The molecule has 138 valence electrons. The summed E-state index contributed by atoms with van der Waals surface area (Å²) < 4.78 is 32.2. The summed E-state index contributed by atoms with van der Waals surface area (Å²) in [4.78, 5) is 16.0. The first kappa shape index (κ1) is 18.7. The number of H-pyrrole nitrogens is 1. The zero-order valence-electron chi connectivity index (χ0n) is 14.7. The van der Waals surface area contributed by atoms with E-state index in [-0.39, 0.29) is 20.7 Å². The monoisotopic (exact) mass is 394 g/mol. The molecule has 0 saturated carbocycles. The van der Waals surface area contributed by atoms with E-state index >= 15 is 0 Å². The first-order valence-electron chi connectivity index (χ1n) is 8.16. The van der Waals surface area contributed by atoms with Gasteiger partial charge in [0.1, 0.15) is 10.6 Å². The minimum absolute atomic E-state index is 0.0666. The van der Waals surface area contributed by atoms with Crippen LogP contribution >= 0.6 is 11.6 Å². The highest BCUT2D eigenvalue weighted by Crippen LogP contribution is 2.29. The van der Waals surface area contributed by atoms with Gasteiger partial charge in [0.2, 0.25) is 10.0 Å². The molecule has 0 radical (unpaired) electrons. The maximum absolute atomic E-state index is 12.9. The van der Waals surface area contributed by atoms with Gasteiger partial charge < -0.3 is 9.72 Å². The van der Waals surface area contributed by atoms with Crippen LogP contribution in [0.15, 0.2) is 40.0 Å². The topological polar surface area (TPSA) is 79.5 Å². The molecule has 8 heteroatoms. The minimum Gasteiger partial charge on any atom is -0.497 e. The van der Waals surface area contributed by atoms with E-state index in [1.165, 1.54) is 23.5 Å². The number of nitrogens with one attached hydrogen (secondary N) is 1. The molecule has 26 heavy (non-hydrogen) atoms. The van der Waals surface area contributed by atoms with Gasteiger partial charge in [-0.05, 0) is 30.3 Å². The number of benzene rings is 2. The number of aromatic amines is 1. The van der Waals surface area contributed by atoms with E-state index in [0.29, 0.717) is 35.3 Å². The molecule has 0 bridgehead atoms. The summed E-state index contributed by atoms with van der Waals surface area (Å²) in [6, 6.07) is 7.94. The second-order valence-electron chi connectivity index (χ2n) is 5.78. The Balaban J connectivity index is 2.35. The van der Waals surface area contributed by atoms with Gasteiger partial charge in [-0.25, -0.2) is 8.42 Å². The number of methoxy groups -OCH3 is 1. The van der Waals surface area contributed by atoms with Crippen LogP contribution in [0, 0.1) is 0 Å². The number of pyridine rings is 1. The lowest BCUT2D eigenvalue weighted by Crippen LogP contribution is -2.30. The van der Waals surface area contributed by atoms with Crippen LogP contribution in [0.25, 0.3) is 21.8 Å². The average molecular weight is 395 g/mol. The molecular formula is C18H19ClN2O4S. The fourth-order valence-electron chi connectivity index (χ4n) is 2.98. The van der Waals surface area contributed by atoms with Gasteiger partial charge in [-0.1, -0.05) is 25.4 Å². The Morgan fingerprint density at radius 2 is 1.73 bits per heavy atom. The molecule has 0 saturated heterocycles. The molecule has 3 rings (SSSR count). The van der Waals surface area contributed by atoms with E-state index in [1.807, 2.05) is 0 Å². The van der Waals surface area contributed by atoms with Crippen LogP contribution in [0.2, 0.25) is 5.02 Å². The number of hydrogen-bond acceptors (Lipinski definition) is 4. The lowest BCUT2D eigenvalue weighted by Gasteiger charge is -2.19. The number of rotatable bonds is 5. The smallest absolute Gasteiger partial charge is 0.244 e. The second kappa shape index (κ2) is 6.90. The van der Waals surface area contributed by atoms with Crippen LogP contribution in [-0.4, -0.2) is 37.9 Å². The first-order chi connectivity index (χ1) is 12.3. The Morgan fingerprint density at radius 1 is 1.08 bits per heavy atom. The van der Waals surface area contributed by atoms with Crippen LogP contribution in [0.1, 0.15) is 13.8 Å². The largest absolute Gasteiger partial charge is 0.497 e. The zero-order chi connectivity index (χ0) is 19.1. The number of aromatic nitrogens is 1. The minimum atomic E-state index is -3.78. The highest BCUT2D eigenvalue weighted by atomic mass is 35.5. The van der Waals surface area contributed by atoms with E-state index in [1.54, 1.807) is 32.0 Å². The predicted octanol–water partition coefficient (Wildman–Crippen LogP) is 3.37. The molecule has 0 aliphatic rings. The molecule has 6 nitrogen and oxygen atoms in total. The maximum atomic E-state index is 12.9. The number of nitrogens with zero attached hydrogens (tertiary/aromatic N) is 1.